The van der Waals surface area contributed by atoms with Gasteiger partial charge in [-0.15, -0.1) is 0 Å². The third-order valence-electron chi connectivity index (χ3n) is 2.67. The maximum Gasteiger partial charge on any atom is 0.0896 e. The monoisotopic (exact) mass is 228 g/mol. The van der Waals surface area contributed by atoms with E-state index in [9.17, 15) is 0 Å². The second kappa shape index (κ2) is 5.03. The van der Waals surface area contributed by atoms with Gasteiger partial charge in [-0.05, 0) is 43.2 Å². The first-order valence-electron chi connectivity index (χ1n) is 5.52. The molecule has 0 aliphatic rings. The van der Waals surface area contributed by atoms with Gasteiger partial charge in [0.2, 0.25) is 0 Å². The van der Waals surface area contributed by atoms with Gasteiger partial charge in [0.25, 0.3) is 0 Å². The largest absolute Gasteiger partial charge is 0.271 e. The number of nitrogens with two attached hydrogens (primary N) is 1. The molecule has 2 rings (SSSR count). The highest BCUT2D eigenvalue weighted by Crippen LogP contribution is 2.19. The molecule has 0 fully saturated rings. The maximum atomic E-state index is 5.61. The van der Waals surface area contributed by atoms with Crippen molar-refractivity contribution in [3.63, 3.8) is 0 Å². The molecule has 17 heavy (non-hydrogen) atoms. The van der Waals surface area contributed by atoms with Crippen LogP contribution in [-0.2, 0) is 0 Å². The number of aromatic nitrogens is 2. The molecule has 0 amide bonds. The minimum absolute atomic E-state index is 0.122. The van der Waals surface area contributed by atoms with Gasteiger partial charge in [-0.25, -0.2) is 5.43 Å². The number of rotatable bonds is 3. The lowest BCUT2D eigenvalue weighted by molar-refractivity contribution is 0.618. The lowest BCUT2D eigenvalue weighted by Gasteiger charge is -2.15. The number of hydrogen-bond donors (Lipinski definition) is 2. The minimum atomic E-state index is -0.122. The zero-order valence-corrected chi connectivity index (χ0v) is 10.0. The van der Waals surface area contributed by atoms with Crippen LogP contribution in [0.5, 0.6) is 0 Å². The van der Waals surface area contributed by atoms with Gasteiger partial charge in [-0.2, -0.15) is 0 Å². The summed E-state index contributed by atoms with van der Waals surface area (Å²) in [4.78, 5) is 8.61. The summed E-state index contributed by atoms with van der Waals surface area (Å²) >= 11 is 0. The predicted molar refractivity (Wildman–Crippen MR) is 67.1 cm³/mol. The molecule has 2 heterocycles. The standard InChI is InChI=1S/C13H16N4/c1-9-5-6-15-12(7-9)13(17-14)11-4-3-10(2)16-8-11/h3-8,13,17H,14H2,1-2H3. The van der Waals surface area contributed by atoms with Crippen LogP contribution in [0, 0.1) is 13.8 Å². The van der Waals surface area contributed by atoms with Crippen LogP contribution in [0.25, 0.3) is 0 Å². The van der Waals surface area contributed by atoms with E-state index in [1.165, 1.54) is 0 Å². The smallest absolute Gasteiger partial charge is 0.0896 e. The lowest BCUT2D eigenvalue weighted by atomic mass is 10.0. The van der Waals surface area contributed by atoms with Crippen molar-refractivity contribution < 1.29 is 0 Å². The molecule has 0 aliphatic carbocycles. The first kappa shape index (κ1) is 11.7. The van der Waals surface area contributed by atoms with Gasteiger partial charge >= 0.3 is 0 Å². The highest BCUT2D eigenvalue weighted by molar-refractivity contribution is 5.28. The summed E-state index contributed by atoms with van der Waals surface area (Å²) < 4.78 is 0. The molecule has 4 nitrogen and oxygen atoms in total. The molecule has 0 bridgehead atoms. The van der Waals surface area contributed by atoms with Gasteiger partial charge in [-0.1, -0.05) is 6.07 Å². The summed E-state index contributed by atoms with van der Waals surface area (Å²) in [7, 11) is 0. The summed E-state index contributed by atoms with van der Waals surface area (Å²) in [6.07, 6.45) is 3.61. The Morgan fingerprint density at radius 1 is 1.18 bits per heavy atom. The average Bonchev–Trinajstić information content (AvgIpc) is 2.33. The number of hydrogen-bond acceptors (Lipinski definition) is 4. The average molecular weight is 228 g/mol. The zero-order valence-electron chi connectivity index (χ0n) is 10.0. The van der Waals surface area contributed by atoms with Crippen molar-refractivity contribution in [1.29, 1.82) is 0 Å². The molecule has 0 aromatic carbocycles. The molecule has 0 spiro atoms. The molecule has 0 saturated heterocycles. The normalized spacial score (nSPS) is 12.4. The minimum Gasteiger partial charge on any atom is -0.271 e. The van der Waals surface area contributed by atoms with Crippen LogP contribution in [0.4, 0.5) is 0 Å². The predicted octanol–water partition coefficient (Wildman–Crippen LogP) is 1.65. The summed E-state index contributed by atoms with van der Waals surface area (Å²) in [5.41, 5.74) is 6.84. The Morgan fingerprint density at radius 2 is 2.00 bits per heavy atom. The van der Waals surface area contributed by atoms with Gasteiger partial charge in [0.1, 0.15) is 0 Å². The molecule has 0 radical (unpaired) electrons. The zero-order chi connectivity index (χ0) is 12.3. The van der Waals surface area contributed by atoms with Gasteiger partial charge in [0, 0.05) is 18.1 Å². The van der Waals surface area contributed by atoms with E-state index in [0.29, 0.717) is 0 Å². The van der Waals surface area contributed by atoms with E-state index in [1.807, 2.05) is 44.3 Å². The van der Waals surface area contributed by atoms with Gasteiger partial charge in [0.05, 0.1) is 11.7 Å². The first-order valence-corrected chi connectivity index (χ1v) is 5.52. The van der Waals surface area contributed by atoms with Gasteiger partial charge < -0.3 is 0 Å². The van der Waals surface area contributed by atoms with Crippen LogP contribution >= 0.6 is 0 Å². The van der Waals surface area contributed by atoms with E-state index < -0.39 is 0 Å². The number of aryl methyl sites for hydroxylation is 2. The van der Waals surface area contributed by atoms with Crippen LogP contribution in [0.1, 0.15) is 28.6 Å². The maximum absolute atomic E-state index is 5.61. The van der Waals surface area contributed by atoms with Crippen molar-refractivity contribution in [2.45, 2.75) is 19.9 Å². The fourth-order valence-corrected chi connectivity index (χ4v) is 1.72. The van der Waals surface area contributed by atoms with E-state index in [2.05, 4.69) is 15.4 Å². The fraction of sp³-hybridized carbons (Fsp3) is 0.231. The Kier molecular flexibility index (Phi) is 3.46. The van der Waals surface area contributed by atoms with Crippen LogP contribution in [0.3, 0.4) is 0 Å². The van der Waals surface area contributed by atoms with Crippen LogP contribution in [0.2, 0.25) is 0 Å². The second-order valence-electron chi connectivity index (χ2n) is 4.09. The quantitative estimate of drug-likeness (QED) is 0.619. The molecule has 1 unspecified atom stereocenters. The van der Waals surface area contributed by atoms with E-state index in [-0.39, 0.29) is 6.04 Å². The SMILES string of the molecule is Cc1ccnc(C(NN)c2ccc(C)nc2)c1. The molecule has 0 saturated carbocycles. The Bertz CT molecular complexity index is 493. The van der Waals surface area contributed by atoms with E-state index in [1.54, 1.807) is 6.20 Å². The van der Waals surface area contributed by atoms with Crippen molar-refractivity contribution in [3.05, 3.63) is 59.2 Å². The molecule has 2 aromatic rings. The van der Waals surface area contributed by atoms with E-state index in [4.69, 9.17) is 5.84 Å². The lowest BCUT2D eigenvalue weighted by Crippen LogP contribution is -2.29. The Balaban J connectivity index is 2.36. The number of hydrazine groups is 1. The number of pyridine rings is 2. The summed E-state index contributed by atoms with van der Waals surface area (Å²) in [6, 6.07) is 7.84. The third-order valence-corrected chi connectivity index (χ3v) is 2.67. The number of nitrogens with zero attached hydrogens (tertiary/aromatic N) is 2. The van der Waals surface area contributed by atoms with E-state index in [0.717, 1.165) is 22.5 Å². The Morgan fingerprint density at radius 3 is 2.59 bits per heavy atom. The number of nitrogens with one attached hydrogen (secondary N) is 1. The van der Waals surface area contributed by atoms with Crippen LogP contribution < -0.4 is 11.3 Å². The highest BCUT2D eigenvalue weighted by atomic mass is 15.2. The van der Waals surface area contributed by atoms with Crippen molar-refractivity contribution in [3.8, 4) is 0 Å². The summed E-state index contributed by atoms with van der Waals surface area (Å²) in [5.74, 6) is 5.61. The van der Waals surface area contributed by atoms with E-state index >= 15 is 0 Å². The van der Waals surface area contributed by atoms with Gasteiger partial charge in [-0.3, -0.25) is 15.8 Å². The van der Waals surface area contributed by atoms with Crippen molar-refractivity contribution in [1.82, 2.24) is 15.4 Å². The molecule has 88 valence electrons. The molecule has 3 N–H and O–H groups in total. The van der Waals surface area contributed by atoms with Crippen molar-refractivity contribution in [2.75, 3.05) is 0 Å². The fourth-order valence-electron chi connectivity index (χ4n) is 1.72. The van der Waals surface area contributed by atoms with Crippen molar-refractivity contribution >= 4 is 0 Å². The second-order valence-corrected chi connectivity index (χ2v) is 4.09. The van der Waals surface area contributed by atoms with Crippen LogP contribution in [-0.4, -0.2) is 9.97 Å². The Labute approximate surface area is 101 Å². The molecule has 1 atom stereocenters. The molecule has 4 heteroatoms. The molecular weight excluding hydrogens is 212 g/mol. The summed E-state index contributed by atoms with van der Waals surface area (Å²) in [6.45, 7) is 3.99. The molecule has 2 aromatic heterocycles. The molecule has 0 aliphatic heterocycles. The molecular formula is C13H16N4. The third kappa shape index (κ3) is 2.67. The summed E-state index contributed by atoms with van der Waals surface area (Å²) in [5, 5.41) is 0. The topological polar surface area (TPSA) is 63.8 Å². The van der Waals surface area contributed by atoms with Crippen LogP contribution in [0.15, 0.2) is 36.7 Å². The highest BCUT2D eigenvalue weighted by Gasteiger charge is 2.13. The van der Waals surface area contributed by atoms with Gasteiger partial charge in [0.15, 0.2) is 0 Å². The van der Waals surface area contributed by atoms with Crippen molar-refractivity contribution in [2.24, 2.45) is 5.84 Å². The first-order chi connectivity index (χ1) is 8.20. The Hall–Kier alpha value is -1.78.